The molecule has 0 amide bonds. The number of methoxy groups -OCH3 is 1. The maximum atomic E-state index is 5.37. The first-order valence-electron chi connectivity index (χ1n) is 7.98. The van der Waals surface area contributed by atoms with E-state index in [4.69, 9.17) is 9.26 Å². The van der Waals surface area contributed by atoms with Gasteiger partial charge in [0.1, 0.15) is 17.3 Å². The Balaban J connectivity index is 1.71. The number of hydrogen-bond acceptors (Lipinski definition) is 5. The highest BCUT2D eigenvalue weighted by Crippen LogP contribution is 2.31. The maximum absolute atomic E-state index is 5.37. The summed E-state index contributed by atoms with van der Waals surface area (Å²) in [6.07, 6.45) is 1.84. The third-order valence-corrected chi connectivity index (χ3v) is 4.18. The van der Waals surface area contributed by atoms with Gasteiger partial charge < -0.3 is 19.6 Å². The summed E-state index contributed by atoms with van der Waals surface area (Å²) in [6, 6.07) is 11.8. The second-order valence-corrected chi connectivity index (χ2v) is 5.86. The average Bonchev–Trinajstić information content (AvgIpc) is 3.17. The van der Waals surface area contributed by atoms with E-state index in [9.17, 15) is 0 Å². The first-order chi connectivity index (χ1) is 12.2. The van der Waals surface area contributed by atoms with E-state index < -0.39 is 0 Å². The maximum Gasteiger partial charge on any atom is 0.143 e. The molecule has 0 spiro atoms. The molecule has 4 rings (SSSR count). The van der Waals surface area contributed by atoms with Crippen molar-refractivity contribution in [2.75, 3.05) is 12.4 Å². The molecular weight excluding hydrogens is 316 g/mol. The Labute approximate surface area is 144 Å². The Bertz CT molecular complexity index is 1030. The number of nitrogens with one attached hydrogen (secondary N) is 2. The Hall–Kier alpha value is -3.28. The van der Waals surface area contributed by atoms with Crippen LogP contribution in [0.4, 0.5) is 11.5 Å². The molecule has 0 fully saturated rings. The van der Waals surface area contributed by atoms with Crippen molar-refractivity contribution in [2.45, 2.75) is 13.8 Å². The first kappa shape index (κ1) is 15.3. The Morgan fingerprint density at radius 3 is 2.76 bits per heavy atom. The normalized spacial score (nSPS) is 11.0. The van der Waals surface area contributed by atoms with Crippen LogP contribution in [0.25, 0.3) is 22.2 Å². The zero-order valence-electron chi connectivity index (χ0n) is 14.3. The molecule has 6 heteroatoms. The Kier molecular flexibility index (Phi) is 3.65. The van der Waals surface area contributed by atoms with Crippen molar-refractivity contribution >= 4 is 22.4 Å². The lowest BCUT2D eigenvalue weighted by molar-refractivity contribution is 0.393. The largest absolute Gasteiger partial charge is 0.495 e. The zero-order valence-corrected chi connectivity index (χ0v) is 14.3. The van der Waals surface area contributed by atoms with E-state index in [1.54, 1.807) is 7.11 Å². The highest BCUT2D eigenvalue weighted by molar-refractivity contribution is 5.88. The number of H-pyrrole nitrogens is 1. The van der Waals surface area contributed by atoms with Crippen LogP contribution in [0.1, 0.15) is 11.5 Å². The van der Waals surface area contributed by atoms with Crippen molar-refractivity contribution in [2.24, 2.45) is 0 Å². The molecule has 1 aromatic carbocycles. The monoisotopic (exact) mass is 334 g/mol. The Morgan fingerprint density at radius 1 is 1.16 bits per heavy atom. The molecule has 4 aromatic rings. The molecule has 25 heavy (non-hydrogen) atoms. The van der Waals surface area contributed by atoms with Crippen LogP contribution in [0.5, 0.6) is 5.75 Å². The van der Waals surface area contributed by atoms with Crippen molar-refractivity contribution < 1.29 is 9.26 Å². The van der Waals surface area contributed by atoms with Gasteiger partial charge in [0.2, 0.25) is 0 Å². The fraction of sp³-hybridized carbons (Fsp3) is 0.158. The molecule has 0 aliphatic heterocycles. The number of benzene rings is 1. The van der Waals surface area contributed by atoms with Crippen LogP contribution in [-0.4, -0.2) is 22.2 Å². The number of para-hydroxylation sites is 2. The van der Waals surface area contributed by atoms with Gasteiger partial charge in [0.25, 0.3) is 0 Å². The van der Waals surface area contributed by atoms with Gasteiger partial charge in [-0.2, -0.15) is 0 Å². The van der Waals surface area contributed by atoms with Gasteiger partial charge in [-0.25, -0.2) is 4.98 Å². The molecule has 3 aromatic heterocycles. The van der Waals surface area contributed by atoms with Crippen molar-refractivity contribution in [3.05, 3.63) is 54.0 Å². The van der Waals surface area contributed by atoms with Gasteiger partial charge in [-0.3, -0.25) is 0 Å². The van der Waals surface area contributed by atoms with Crippen molar-refractivity contribution in [1.29, 1.82) is 0 Å². The number of anilines is 2. The van der Waals surface area contributed by atoms with Gasteiger partial charge in [-0.05, 0) is 32.0 Å². The minimum atomic E-state index is 0.740. The van der Waals surface area contributed by atoms with Gasteiger partial charge in [-0.15, -0.1) is 0 Å². The molecule has 0 unspecified atom stereocenters. The molecule has 0 atom stereocenters. The highest BCUT2D eigenvalue weighted by Gasteiger charge is 2.14. The number of ether oxygens (including phenoxy) is 1. The van der Waals surface area contributed by atoms with E-state index in [-0.39, 0.29) is 0 Å². The lowest BCUT2D eigenvalue weighted by Crippen LogP contribution is -1.96. The molecule has 0 saturated carbocycles. The van der Waals surface area contributed by atoms with E-state index >= 15 is 0 Å². The zero-order chi connectivity index (χ0) is 17.4. The van der Waals surface area contributed by atoms with Gasteiger partial charge >= 0.3 is 0 Å². The quantitative estimate of drug-likeness (QED) is 0.571. The minimum absolute atomic E-state index is 0.740. The summed E-state index contributed by atoms with van der Waals surface area (Å²) >= 11 is 0. The molecule has 6 nitrogen and oxygen atoms in total. The predicted molar refractivity (Wildman–Crippen MR) is 97.3 cm³/mol. The molecule has 0 aliphatic carbocycles. The number of pyridine rings is 1. The molecule has 2 N–H and O–H groups in total. The van der Waals surface area contributed by atoms with Crippen LogP contribution in [-0.2, 0) is 0 Å². The van der Waals surface area contributed by atoms with Crippen LogP contribution in [0.3, 0.4) is 0 Å². The summed E-state index contributed by atoms with van der Waals surface area (Å²) in [6.45, 7) is 3.85. The van der Waals surface area contributed by atoms with Crippen LogP contribution < -0.4 is 10.1 Å². The van der Waals surface area contributed by atoms with Crippen LogP contribution in [0.15, 0.2) is 47.1 Å². The summed E-state index contributed by atoms with van der Waals surface area (Å²) in [7, 11) is 1.65. The molecule has 0 saturated heterocycles. The lowest BCUT2D eigenvalue weighted by Gasteiger charge is -2.10. The van der Waals surface area contributed by atoms with Crippen LogP contribution in [0.2, 0.25) is 0 Å². The molecule has 3 heterocycles. The van der Waals surface area contributed by atoms with Crippen molar-refractivity contribution in [1.82, 2.24) is 15.1 Å². The van der Waals surface area contributed by atoms with Crippen LogP contribution in [0, 0.1) is 13.8 Å². The number of nitrogens with zero attached hydrogens (tertiary/aromatic N) is 2. The summed E-state index contributed by atoms with van der Waals surface area (Å²) < 4.78 is 10.6. The van der Waals surface area contributed by atoms with Crippen molar-refractivity contribution in [3.8, 4) is 17.0 Å². The minimum Gasteiger partial charge on any atom is -0.495 e. The van der Waals surface area contributed by atoms with E-state index in [1.165, 1.54) is 0 Å². The number of aryl methyl sites for hydroxylation is 2. The van der Waals surface area contributed by atoms with E-state index in [0.717, 1.165) is 50.9 Å². The lowest BCUT2D eigenvalue weighted by atomic mass is 10.1. The van der Waals surface area contributed by atoms with E-state index in [2.05, 4.69) is 26.5 Å². The Morgan fingerprint density at radius 2 is 2.00 bits per heavy atom. The molecule has 0 radical (unpaired) electrons. The predicted octanol–water partition coefficient (Wildman–Crippen LogP) is 4.59. The van der Waals surface area contributed by atoms with Gasteiger partial charge in [0, 0.05) is 17.6 Å². The van der Waals surface area contributed by atoms with Crippen LogP contribution >= 0.6 is 0 Å². The van der Waals surface area contributed by atoms with Gasteiger partial charge in [0.05, 0.1) is 35.3 Å². The molecule has 126 valence electrons. The number of rotatable bonds is 4. The van der Waals surface area contributed by atoms with Gasteiger partial charge in [-0.1, -0.05) is 17.3 Å². The fourth-order valence-corrected chi connectivity index (χ4v) is 2.98. The topological polar surface area (TPSA) is 76.0 Å². The third-order valence-electron chi connectivity index (χ3n) is 4.18. The highest BCUT2D eigenvalue weighted by atomic mass is 16.5. The standard InChI is InChI=1S/C19H18N4O2/c1-11-19(12(2)25-23-11)16-8-13-10-20-18(9-15(13)21-16)22-14-6-4-5-7-17(14)24-3/h4-10,21H,1-3H3,(H,20,22). The number of aromatic amines is 1. The number of fused-ring (bicyclic) bond motifs is 1. The second-order valence-electron chi connectivity index (χ2n) is 5.86. The first-order valence-corrected chi connectivity index (χ1v) is 7.98. The third kappa shape index (κ3) is 2.71. The van der Waals surface area contributed by atoms with Gasteiger partial charge in [0.15, 0.2) is 0 Å². The smallest absolute Gasteiger partial charge is 0.143 e. The van der Waals surface area contributed by atoms with Crippen molar-refractivity contribution in [3.63, 3.8) is 0 Å². The van der Waals surface area contributed by atoms with E-state index in [0.29, 0.717) is 0 Å². The SMILES string of the molecule is COc1ccccc1Nc1cc2[nH]c(-c3c(C)noc3C)cc2cn1. The van der Waals surface area contributed by atoms with E-state index in [1.807, 2.05) is 50.4 Å². The average molecular weight is 334 g/mol. The number of hydrogen-bond donors (Lipinski definition) is 2. The number of aromatic nitrogens is 3. The summed E-state index contributed by atoms with van der Waals surface area (Å²) in [4.78, 5) is 7.91. The summed E-state index contributed by atoms with van der Waals surface area (Å²) in [5, 5.41) is 8.34. The summed E-state index contributed by atoms with van der Waals surface area (Å²) in [5.74, 6) is 2.31. The summed E-state index contributed by atoms with van der Waals surface area (Å²) in [5.41, 5.74) is 4.69. The second kappa shape index (κ2) is 5.98. The molecule has 0 aliphatic rings. The fourth-order valence-electron chi connectivity index (χ4n) is 2.98. The molecule has 0 bridgehead atoms. The molecular formula is C19H18N4O2.